The lowest BCUT2D eigenvalue weighted by molar-refractivity contribution is -0.161. The zero-order valence-electron chi connectivity index (χ0n) is 65.0. The molecule has 0 fully saturated rings. The quantitative estimate of drug-likeness (QED) is 0.0169. The van der Waals surface area contributed by atoms with Crippen molar-refractivity contribution in [3.8, 4) is 0 Å². The molecule has 594 valence electrons. The van der Waals surface area contributed by atoms with Gasteiger partial charge in [0.1, 0.15) is 19.3 Å². The summed E-state index contributed by atoms with van der Waals surface area (Å²) in [4.78, 5) is 73.1. The van der Waals surface area contributed by atoms with Gasteiger partial charge in [0.2, 0.25) is 0 Å². The van der Waals surface area contributed by atoms with Crippen LogP contribution in [0, 0.1) is 0 Å². The lowest BCUT2D eigenvalue weighted by Crippen LogP contribution is -2.30. The molecular formula is C83H150O17P2. The second-order valence-corrected chi connectivity index (χ2v) is 30.6. The van der Waals surface area contributed by atoms with Gasteiger partial charge in [-0.25, -0.2) is 9.13 Å². The summed E-state index contributed by atoms with van der Waals surface area (Å²) in [6.07, 6.45) is 77.2. The minimum absolute atomic E-state index is 0.0808. The molecule has 0 aliphatic heterocycles. The molecule has 0 bridgehead atoms. The van der Waals surface area contributed by atoms with Crippen LogP contribution in [0.3, 0.4) is 0 Å². The van der Waals surface area contributed by atoms with Crippen molar-refractivity contribution < 1.29 is 80.2 Å². The van der Waals surface area contributed by atoms with Gasteiger partial charge in [-0.05, 0) is 141 Å². The SMILES string of the molecule is CCCCCC=CCC=CCCCCCCCC(=O)OC[C@H](COP(=O)(O)OCC(O)COP(=O)(O)OC[C@@H](COC(=O)CCCCCCCCCC=CCCCCCCCC)OC(=O)CCCCCCCC=CCC=CCCCCC)OC(=O)CCCCCCCC=CCCCCCCCC. The number of unbranched alkanes of at least 4 members (excludes halogenated alkanes) is 40. The second kappa shape index (κ2) is 75.7. The fourth-order valence-electron chi connectivity index (χ4n) is 11.3. The molecule has 0 aromatic heterocycles. The summed E-state index contributed by atoms with van der Waals surface area (Å²) in [5.41, 5.74) is 0. The Bertz CT molecular complexity index is 2210. The van der Waals surface area contributed by atoms with E-state index in [2.05, 4.69) is 101 Å². The van der Waals surface area contributed by atoms with Crippen molar-refractivity contribution >= 4 is 39.5 Å². The third-order valence-electron chi connectivity index (χ3n) is 17.6. The maximum atomic E-state index is 13.1. The third-order valence-corrected chi connectivity index (χ3v) is 19.5. The van der Waals surface area contributed by atoms with E-state index < -0.39 is 97.5 Å². The standard InChI is InChI=1S/C83H150O17P2/c1-5-9-13-17-21-25-29-33-37-38-42-44-48-52-56-60-64-68-81(86)94-74-79(100-83(88)70-66-62-58-54-50-46-41-36-32-28-24-20-16-12-8-4)76-98-102(91,92)96-72-77(84)71-95-101(89,90)97-75-78(99-82(87)69-65-61-57-53-49-45-40-35-31-27-23-19-15-11-7-3)73-93-80(85)67-63-59-55-51-47-43-39-34-30-26-22-18-14-10-6-2/h22,24,26,28,33-37,39-41,77-79,84H,5-21,23,25,27,29-32,38,42-76H2,1-4H3,(H,89,90)(H,91,92)/t77?,78-,79-/m1/s1. The molecule has 102 heavy (non-hydrogen) atoms. The number of rotatable bonds is 78. The van der Waals surface area contributed by atoms with Gasteiger partial charge in [0, 0.05) is 25.7 Å². The van der Waals surface area contributed by atoms with Crippen molar-refractivity contribution in [2.45, 2.75) is 393 Å². The highest BCUT2D eigenvalue weighted by Crippen LogP contribution is 2.45. The maximum Gasteiger partial charge on any atom is 0.472 e. The number of aliphatic hydroxyl groups is 1. The Kier molecular flexibility index (Phi) is 73.1. The average molecular weight is 1480 g/mol. The van der Waals surface area contributed by atoms with Crippen molar-refractivity contribution in [1.82, 2.24) is 0 Å². The first-order valence-electron chi connectivity index (χ1n) is 41.2. The van der Waals surface area contributed by atoms with Crippen LogP contribution in [-0.4, -0.2) is 96.7 Å². The molecule has 0 aromatic carbocycles. The van der Waals surface area contributed by atoms with Crippen LogP contribution in [0.5, 0.6) is 0 Å². The van der Waals surface area contributed by atoms with Crippen LogP contribution in [0.2, 0.25) is 0 Å². The number of phosphoric ester groups is 2. The van der Waals surface area contributed by atoms with Crippen molar-refractivity contribution in [1.29, 1.82) is 0 Å². The molecule has 0 spiro atoms. The molecule has 0 heterocycles. The number of carbonyl (C=O) groups is 4. The largest absolute Gasteiger partial charge is 0.472 e. The van der Waals surface area contributed by atoms with Crippen LogP contribution in [-0.2, 0) is 65.4 Å². The predicted octanol–water partition coefficient (Wildman–Crippen LogP) is 24.0. The van der Waals surface area contributed by atoms with Crippen LogP contribution in [0.15, 0.2) is 72.9 Å². The molecule has 0 amide bonds. The first kappa shape index (κ1) is 98.5. The van der Waals surface area contributed by atoms with E-state index in [0.29, 0.717) is 25.7 Å². The number of hydrogen-bond acceptors (Lipinski definition) is 15. The Hall–Kier alpha value is -3.50. The first-order valence-corrected chi connectivity index (χ1v) is 44.2. The van der Waals surface area contributed by atoms with Crippen molar-refractivity contribution in [3.05, 3.63) is 72.9 Å². The number of aliphatic hydroxyl groups excluding tert-OH is 1. The highest BCUT2D eigenvalue weighted by molar-refractivity contribution is 7.47. The summed E-state index contributed by atoms with van der Waals surface area (Å²) in [6.45, 7) is 4.84. The zero-order chi connectivity index (χ0) is 74.6. The van der Waals surface area contributed by atoms with Crippen LogP contribution in [0.4, 0.5) is 0 Å². The molecule has 3 N–H and O–H groups in total. The lowest BCUT2D eigenvalue weighted by atomic mass is 10.1. The summed E-state index contributed by atoms with van der Waals surface area (Å²) in [5.74, 6) is -2.19. The molecule has 3 unspecified atom stereocenters. The van der Waals surface area contributed by atoms with Gasteiger partial charge in [-0.15, -0.1) is 0 Å². The number of allylic oxidation sites excluding steroid dienone is 12. The molecule has 0 saturated heterocycles. The molecule has 19 heteroatoms. The maximum absolute atomic E-state index is 13.1. The van der Waals surface area contributed by atoms with E-state index in [0.717, 1.165) is 161 Å². The fraction of sp³-hybridized carbons (Fsp3) is 0.807. The van der Waals surface area contributed by atoms with E-state index in [-0.39, 0.29) is 25.7 Å². The molecule has 0 aliphatic rings. The summed E-state index contributed by atoms with van der Waals surface area (Å²) < 4.78 is 68.7. The minimum Gasteiger partial charge on any atom is -0.462 e. The van der Waals surface area contributed by atoms with Gasteiger partial charge in [0.05, 0.1) is 26.4 Å². The highest BCUT2D eigenvalue weighted by Gasteiger charge is 2.30. The summed E-state index contributed by atoms with van der Waals surface area (Å²) in [7, 11) is -9.96. The van der Waals surface area contributed by atoms with E-state index in [9.17, 15) is 43.2 Å². The van der Waals surface area contributed by atoms with Crippen molar-refractivity contribution in [2.24, 2.45) is 0 Å². The smallest absolute Gasteiger partial charge is 0.462 e. The summed E-state index contributed by atoms with van der Waals surface area (Å²) in [5, 5.41) is 10.6. The minimum atomic E-state index is -4.98. The molecule has 5 atom stereocenters. The number of hydrogen-bond donors (Lipinski definition) is 3. The fourth-order valence-corrected chi connectivity index (χ4v) is 12.9. The van der Waals surface area contributed by atoms with Gasteiger partial charge >= 0.3 is 39.5 Å². The zero-order valence-corrected chi connectivity index (χ0v) is 66.8. The highest BCUT2D eigenvalue weighted by atomic mass is 31.2. The van der Waals surface area contributed by atoms with Gasteiger partial charge in [-0.3, -0.25) is 37.3 Å². The van der Waals surface area contributed by atoms with Crippen LogP contribution >= 0.6 is 15.6 Å². The summed E-state index contributed by atoms with van der Waals surface area (Å²) in [6, 6.07) is 0. The van der Waals surface area contributed by atoms with E-state index in [1.54, 1.807) is 0 Å². The molecular weight excluding hydrogens is 1330 g/mol. The molecule has 17 nitrogen and oxygen atoms in total. The van der Waals surface area contributed by atoms with Crippen LogP contribution in [0.1, 0.15) is 374 Å². The van der Waals surface area contributed by atoms with Crippen LogP contribution in [0.25, 0.3) is 0 Å². The first-order chi connectivity index (χ1) is 49.7. The monoisotopic (exact) mass is 1480 g/mol. The molecule has 0 rings (SSSR count). The van der Waals surface area contributed by atoms with E-state index in [1.807, 2.05) is 0 Å². The Labute approximate surface area is 622 Å². The number of esters is 4. The van der Waals surface area contributed by atoms with Crippen molar-refractivity contribution in [2.75, 3.05) is 39.6 Å². The van der Waals surface area contributed by atoms with Gasteiger partial charge in [0.15, 0.2) is 12.2 Å². The Morgan fingerprint density at radius 1 is 0.275 bits per heavy atom. The average Bonchev–Trinajstić information content (AvgIpc) is 0.926. The number of phosphoric acid groups is 2. The van der Waals surface area contributed by atoms with E-state index >= 15 is 0 Å². The number of carbonyl (C=O) groups excluding carboxylic acids is 4. The Morgan fingerprint density at radius 2 is 0.480 bits per heavy atom. The topological polar surface area (TPSA) is 237 Å². The van der Waals surface area contributed by atoms with E-state index in [1.165, 1.54) is 135 Å². The van der Waals surface area contributed by atoms with Crippen molar-refractivity contribution in [3.63, 3.8) is 0 Å². The lowest BCUT2D eigenvalue weighted by Gasteiger charge is -2.21. The third kappa shape index (κ3) is 74.8. The number of ether oxygens (including phenoxy) is 4. The Morgan fingerprint density at radius 3 is 0.755 bits per heavy atom. The Balaban J connectivity index is 5.36. The molecule has 0 radical (unpaired) electrons. The van der Waals surface area contributed by atoms with Gasteiger partial charge in [-0.1, -0.05) is 280 Å². The molecule has 0 aromatic rings. The van der Waals surface area contributed by atoms with Crippen LogP contribution < -0.4 is 0 Å². The molecule has 0 aliphatic carbocycles. The molecule has 0 saturated carbocycles. The second-order valence-electron chi connectivity index (χ2n) is 27.7. The summed E-state index contributed by atoms with van der Waals surface area (Å²) >= 11 is 0. The van der Waals surface area contributed by atoms with Gasteiger partial charge < -0.3 is 33.8 Å². The predicted molar refractivity (Wildman–Crippen MR) is 418 cm³/mol. The van der Waals surface area contributed by atoms with Gasteiger partial charge in [-0.2, -0.15) is 0 Å². The van der Waals surface area contributed by atoms with Gasteiger partial charge in [0.25, 0.3) is 0 Å². The van der Waals surface area contributed by atoms with E-state index in [4.69, 9.17) is 37.0 Å². The normalized spacial score (nSPS) is 14.2.